The number of carbonyl (C=O) groups is 2. The summed E-state index contributed by atoms with van der Waals surface area (Å²) in [6.45, 7) is 4.63. The lowest BCUT2D eigenvalue weighted by atomic mass is 10.0. The Bertz CT molecular complexity index is 671. The predicted molar refractivity (Wildman–Crippen MR) is 105 cm³/mol. The summed E-state index contributed by atoms with van der Waals surface area (Å²) in [7, 11) is 0. The van der Waals surface area contributed by atoms with Crippen LogP contribution in [-0.2, 0) is 9.59 Å². The maximum Gasteiger partial charge on any atom is 0.317 e. The zero-order chi connectivity index (χ0) is 20.5. The first-order valence-electron chi connectivity index (χ1n) is 9.62. The molecule has 0 aromatic heterocycles. The van der Waals surface area contributed by atoms with Crippen LogP contribution in [0.1, 0.15) is 32.6 Å². The fourth-order valence-corrected chi connectivity index (χ4v) is 3.48. The molecule has 1 aliphatic rings. The highest BCUT2D eigenvalue weighted by Gasteiger charge is 2.26. The number of carboxylic acids is 1. The van der Waals surface area contributed by atoms with Crippen molar-refractivity contribution in [3.8, 4) is 0 Å². The first kappa shape index (κ1) is 21.6. The zero-order valence-corrected chi connectivity index (χ0v) is 16.2. The van der Waals surface area contributed by atoms with Gasteiger partial charge >= 0.3 is 5.97 Å². The summed E-state index contributed by atoms with van der Waals surface area (Å²) >= 11 is 0. The van der Waals surface area contributed by atoms with Gasteiger partial charge in [0.05, 0.1) is 11.5 Å². The Morgan fingerprint density at radius 1 is 1.29 bits per heavy atom. The fourth-order valence-electron chi connectivity index (χ4n) is 3.48. The SMILES string of the molecule is CCN(CC(=O)O)C1CCN(C(=O)CCCNc2ccc([N+](=O)[O-])cc2)CC1. The fraction of sp³-hybridized carbons (Fsp3) is 0.579. The van der Waals surface area contributed by atoms with Crippen LogP contribution in [0.5, 0.6) is 0 Å². The number of nitrogens with one attached hydrogen (secondary N) is 1. The number of rotatable bonds is 10. The highest BCUT2D eigenvalue weighted by atomic mass is 16.6. The number of likely N-dealkylation sites (N-methyl/N-ethyl adjacent to an activating group) is 1. The van der Waals surface area contributed by atoms with Gasteiger partial charge in [0.2, 0.25) is 5.91 Å². The van der Waals surface area contributed by atoms with Gasteiger partial charge in [0.25, 0.3) is 5.69 Å². The number of non-ortho nitro benzene ring substituents is 1. The van der Waals surface area contributed by atoms with Gasteiger partial charge in [-0.05, 0) is 37.9 Å². The van der Waals surface area contributed by atoms with Crippen molar-refractivity contribution in [2.24, 2.45) is 0 Å². The lowest BCUT2D eigenvalue weighted by Crippen LogP contribution is -2.48. The Labute approximate surface area is 164 Å². The molecule has 0 unspecified atom stereocenters. The molecule has 0 radical (unpaired) electrons. The number of nitro benzene ring substituents is 1. The molecule has 9 nitrogen and oxygen atoms in total. The number of benzene rings is 1. The predicted octanol–water partition coefficient (Wildman–Crippen LogP) is 2.18. The average molecular weight is 392 g/mol. The van der Waals surface area contributed by atoms with Gasteiger partial charge in [0.1, 0.15) is 0 Å². The average Bonchev–Trinajstić information content (AvgIpc) is 2.69. The van der Waals surface area contributed by atoms with E-state index in [0.29, 0.717) is 39.0 Å². The van der Waals surface area contributed by atoms with Crippen LogP contribution in [0.2, 0.25) is 0 Å². The van der Waals surface area contributed by atoms with Crippen molar-refractivity contribution < 1.29 is 19.6 Å². The molecule has 28 heavy (non-hydrogen) atoms. The van der Waals surface area contributed by atoms with Crippen molar-refractivity contribution in [3.05, 3.63) is 34.4 Å². The van der Waals surface area contributed by atoms with Crippen molar-refractivity contribution in [1.29, 1.82) is 0 Å². The molecule has 1 amide bonds. The molecule has 2 N–H and O–H groups in total. The van der Waals surface area contributed by atoms with Gasteiger partial charge in [-0.1, -0.05) is 6.92 Å². The Hall–Kier alpha value is -2.68. The molecule has 154 valence electrons. The molecule has 1 aromatic carbocycles. The number of nitrogens with zero attached hydrogens (tertiary/aromatic N) is 3. The molecule has 1 aliphatic heterocycles. The molecule has 0 bridgehead atoms. The number of likely N-dealkylation sites (tertiary alicyclic amines) is 1. The van der Waals surface area contributed by atoms with E-state index in [-0.39, 0.29) is 24.2 Å². The molecule has 0 atom stereocenters. The van der Waals surface area contributed by atoms with Gasteiger partial charge in [-0.25, -0.2) is 0 Å². The zero-order valence-electron chi connectivity index (χ0n) is 16.2. The first-order valence-corrected chi connectivity index (χ1v) is 9.62. The minimum Gasteiger partial charge on any atom is -0.480 e. The summed E-state index contributed by atoms with van der Waals surface area (Å²) in [5.41, 5.74) is 0.839. The molecule has 1 saturated heterocycles. The smallest absolute Gasteiger partial charge is 0.317 e. The third-order valence-electron chi connectivity index (χ3n) is 5.05. The molecule has 0 spiro atoms. The molecule has 9 heteroatoms. The highest BCUT2D eigenvalue weighted by molar-refractivity contribution is 5.76. The second-order valence-corrected chi connectivity index (χ2v) is 6.90. The van der Waals surface area contributed by atoms with Crippen LogP contribution >= 0.6 is 0 Å². The Kier molecular flexibility index (Phi) is 8.19. The largest absolute Gasteiger partial charge is 0.480 e. The normalized spacial score (nSPS) is 14.9. The van der Waals surface area contributed by atoms with Crippen molar-refractivity contribution in [3.63, 3.8) is 0 Å². The summed E-state index contributed by atoms with van der Waals surface area (Å²) in [6, 6.07) is 6.42. The number of amides is 1. The van der Waals surface area contributed by atoms with Crippen LogP contribution in [0, 0.1) is 10.1 Å². The minimum atomic E-state index is -0.819. The highest BCUT2D eigenvalue weighted by Crippen LogP contribution is 2.18. The second kappa shape index (κ2) is 10.6. The standard InChI is InChI=1S/C19H28N4O5/c1-2-21(14-19(25)26)16-9-12-22(13-10-16)18(24)4-3-11-20-15-5-7-17(8-6-15)23(27)28/h5-8,16,20H,2-4,9-14H2,1H3,(H,25,26). The number of aliphatic carboxylic acids is 1. The lowest BCUT2D eigenvalue weighted by Gasteiger charge is -2.37. The van der Waals surface area contributed by atoms with Crippen LogP contribution in [0.4, 0.5) is 11.4 Å². The van der Waals surface area contributed by atoms with Crippen LogP contribution in [0.3, 0.4) is 0 Å². The van der Waals surface area contributed by atoms with E-state index in [1.54, 1.807) is 12.1 Å². The van der Waals surface area contributed by atoms with E-state index in [2.05, 4.69) is 5.32 Å². The van der Waals surface area contributed by atoms with Crippen LogP contribution < -0.4 is 5.32 Å². The Morgan fingerprint density at radius 2 is 1.93 bits per heavy atom. The van der Waals surface area contributed by atoms with Crippen LogP contribution in [0.25, 0.3) is 0 Å². The minimum absolute atomic E-state index is 0.0451. The Morgan fingerprint density at radius 3 is 2.46 bits per heavy atom. The van der Waals surface area contributed by atoms with Gasteiger partial charge in [-0.15, -0.1) is 0 Å². The van der Waals surface area contributed by atoms with Crippen LogP contribution in [-0.4, -0.2) is 70.5 Å². The summed E-state index contributed by atoms with van der Waals surface area (Å²) in [5.74, 6) is -0.703. The quantitative estimate of drug-likeness (QED) is 0.356. The van der Waals surface area contributed by atoms with E-state index < -0.39 is 10.9 Å². The van der Waals surface area contributed by atoms with Crippen molar-refractivity contribution >= 4 is 23.3 Å². The van der Waals surface area contributed by atoms with E-state index in [1.807, 2.05) is 16.7 Å². The number of hydrogen-bond acceptors (Lipinski definition) is 6. The summed E-state index contributed by atoms with van der Waals surface area (Å²) in [5, 5.41) is 22.8. The number of hydrogen-bond donors (Lipinski definition) is 2. The number of piperidine rings is 1. The summed E-state index contributed by atoms with van der Waals surface area (Å²) in [4.78, 5) is 37.3. The van der Waals surface area contributed by atoms with E-state index in [1.165, 1.54) is 12.1 Å². The van der Waals surface area contributed by atoms with Gasteiger partial charge in [0.15, 0.2) is 0 Å². The molecule has 1 fully saturated rings. The maximum atomic E-state index is 12.4. The Balaban J connectivity index is 1.67. The molecular weight excluding hydrogens is 364 g/mol. The van der Waals surface area contributed by atoms with Crippen molar-refractivity contribution in [1.82, 2.24) is 9.80 Å². The van der Waals surface area contributed by atoms with E-state index >= 15 is 0 Å². The van der Waals surface area contributed by atoms with Gasteiger partial charge < -0.3 is 15.3 Å². The van der Waals surface area contributed by atoms with Crippen molar-refractivity contribution in [2.45, 2.75) is 38.6 Å². The maximum absolute atomic E-state index is 12.4. The van der Waals surface area contributed by atoms with E-state index in [0.717, 1.165) is 18.5 Å². The molecule has 1 heterocycles. The summed E-state index contributed by atoms with van der Waals surface area (Å²) < 4.78 is 0. The third kappa shape index (κ3) is 6.49. The lowest BCUT2D eigenvalue weighted by molar-refractivity contribution is -0.384. The monoisotopic (exact) mass is 392 g/mol. The molecule has 1 aromatic rings. The number of carbonyl (C=O) groups excluding carboxylic acids is 1. The van der Waals surface area contributed by atoms with Gasteiger partial charge in [0, 0.05) is 49.9 Å². The van der Waals surface area contributed by atoms with Gasteiger partial charge in [-0.2, -0.15) is 0 Å². The summed E-state index contributed by atoms with van der Waals surface area (Å²) in [6.07, 6.45) is 2.72. The van der Waals surface area contributed by atoms with Crippen LogP contribution in [0.15, 0.2) is 24.3 Å². The third-order valence-corrected chi connectivity index (χ3v) is 5.05. The number of anilines is 1. The van der Waals surface area contributed by atoms with E-state index in [4.69, 9.17) is 5.11 Å². The van der Waals surface area contributed by atoms with Gasteiger partial charge in [-0.3, -0.25) is 24.6 Å². The van der Waals surface area contributed by atoms with Crippen molar-refractivity contribution in [2.75, 3.05) is 38.0 Å². The molecule has 0 saturated carbocycles. The number of carboxylic acid groups (broad SMARTS) is 1. The van der Waals surface area contributed by atoms with E-state index in [9.17, 15) is 19.7 Å². The molecule has 2 rings (SSSR count). The molecular formula is C19H28N4O5. The second-order valence-electron chi connectivity index (χ2n) is 6.90. The number of nitro groups is 1. The molecule has 0 aliphatic carbocycles. The topological polar surface area (TPSA) is 116 Å². The first-order chi connectivity index (χ1) is 13.4.